The molecule has 0 bridgehead atoms. The molecule has 1 aliphatic heterocycles. The summed E-state index contributed by atoms with van der Waals surface area (Å²) in [6, 6.07) is 5.47. The highest BCUT2D eigenvalue weighted by atomic mass is 35.5. The summed E-state index contributed by atoms with van der Waals surface area (Å²) < 4.78 is 46.9. The maximum Gasteiger partial charge on any atom is 0.252 e. The van der Waals surface area contributed by atoms with Crippen LogP contribution in [0.4, 0.5) is 10.1 Å². The number of hydrogen-bond donors (Lipinski definition) is 1. The third kappa shape index (κ3) is 4.70. The Morgan fingerprint density at radius 2 is 2.22 bits per heavy atom. The number of hydrogen-bond acceptors (Lipinski definition) is 7. The number of nitrogens with one attached hydrogen (secondary N) is 1. The lowest BCUT2D eigenvalue weighted by molar-refractivity contribution is -0.120. The number of piperidine rings is 1. The number of carbonyl (C=O) groups excluding carboxylic acids is 1. The lowest BCUT2D eigenvalue weighted by Crippen LogP contribution is -2.43. The van der Waals surface area contributed by atoms with Crippen LogP contribution in [0.5, 0.6) is 0 Å². The minimum Gasteiger partial charge on any atom is -0.339 e. The third-order valence-electron chi connectivity index (χ3n) is 5.14. The summed E-state index contributed by atoms with van der Waals surface area (Å²) in [5.74, 6) is -0.878. The monoisotopic (exact) mass is 498 g/mol. The standard InChI is InChI=1S/C20H20ClFN4O4S2/c1-2-17-24-19(25-30-17)13-8-18(31-11-13)32(28,29)26-7-3-4-12(10-26)20(27)23-16-6-5-14(21)9-15(16)22/h5-6,8-9,11-12H,2-4,7,10H2,1H3,(H,23,27)/t12-/m1/s1. The van der Waals surface area contributed by atoms with E-state index in [0.717, 1.165) is 17.4 Å². The first-order valence-corrected chi connectivity index (χ1v) is 12.6. The number of anilines is 1. The molecule has 32 heavy (non-hydrogen) atoms. The van der Waals surface area contributed by atoms with Crippen LogP contribution in [-0.2, 0) is 21.2 Å². The molecule has 1 saturated heterocycles. The number of rotatable bonds is 6. The van der Waals surface area contributed by atoms with Gasteiger partial charge >= 0.3 is 0 Å². The van der Waals surface area contributed by atoms with Gasteiger partial charge in [-0.15, -0.1) is 11.3 Å². The predicted octanol–water partition coefficient (Wildman–Crippen LogP) is 4.19. The van der Waals surface area contributed by atoms with Crippen molar-refractivity contribution in [3.05, 3.63) is 46.4 Å². The Kier molecular flexibility index (Phi) is 6.61. The van der Waals surface area contributed by atoms with Gasteiger partial charge in [-0.25, -0.2) is 12.8 Å². The second kappa shape index (κ2) is 9.26. The fourth-order valence-corrected chi connectivity index (χ4v) is 6.41. The molecule has 0 unspecified atom stereocenters. The Morgan fingerprint density at radius 1 is 1.41 bits per heavy atom. The molecule has 170 valence electrons. The molecule has 0 aliphatic carbocycles. The largest absolute Gasteiger partial charge is 0.339 e. The summed E-state index contributed by atoms with van der Waals surface area (Å²) in [6.07, 6.45) is 1.61. The number of amides is 1. The molecule has 1 amide bonds. The van der Waals surface area contributed by atoms with Crippen LogP contribution in [0.3, 0.4) is 0 Å². The Morgan fingerprint density at radius 3 is 2.94 bits per heavy atom. The second-order valence-corrected chi connectivity index (χ2v) is 10.8. The van der Waals surface area contributed by atoms with Gasteiger partial charge in [0.1, 0.15) is 10.0 Å². The highest BCUT2D eigenvalue weighted by Crippen LogP contribution is 2.31. The number of benzene rings is 1. The molecule has 0 radical (unpaired) electrons. The van der Waals surface area contributed by atoms with Crippen LogP contribution in [-0.4, -0.2) is 41.9 Å². The van der Waals surface area contributed by atoms with Gasteiger partial charge in [0.15, 0.2) is 0 Å². The molecule has 12 heteroatoms. The van der Waals surface area contributed by atoms with Gasteiger partial charge in [0.25, 0.3) is 10.0 Å². The maximum absolute atomic E-state index is 14.0. The average Bonchev–Trinajstić information content (AvgIpc) is 3.45. The zero-order valence-corrected chi connectivity index (χ0v) is 19.4. The number of nitrogens with zero attached hydrogens (tertiary/aromatic N) is 3. The lowest BCUT2D eigenvalue weighted by Gasteiger charge is -2.30. The molecule has 4 rings (SSSR count). The van der Waals surface area contributed by atoms with Crippen LogP contribution in [0.1, 0.15) is 25.7 Å². The Balaban J connectivity index is 1.48. The lowest BCUT2D eigenvalue weighted by atomic mass is 9.98. The van der Waals surface area contributed by atoms with Gasteiger partial charge in [-0.3, -0.25) is 4.79 Å². The molecule has 0 saturated carbocycles. The van der Waals surface area contributed by atoms with E-state index in [-0.39, 0.29) is 21.5 Å². The molecule has 8 nitrogen and oxygen atoms in total. The summed E-state index contributed by atoms with van der Waals surface area (Å²) in [7, 11) is -3.81. The van der Waals surface area contributed by atoms with Crippen LogP contribution < -0.4 is 5.32 Å². The van der Waals surface area contributed by atoms with E-state index in [1.165, 1.54) is 22.5 Å². The second-order valence-electron chi connectivity index (χ2n) is 7.34. The van der Waals surface area contributed by atoms with E-state index in [2.05, 4.69) is 15.5 Å². The third-order valence-corrected chi connectivity index (χ3v) is 8.66. The number of sulfonamides is 1. The van der Waals surface area contributed by atoms with Crippen LogP contribution in [0, 0.1) is 11.7 Å². The molecular formula is C20H20ClFN4O4S2. The van der Waals surface area contributed by atoms with Gasteiger partial charge < -0.3 is 9.84 Å². The number of halogens is 2. The van der Waals surface area contributed by atoms with Crippen molar-refractivity contribution in [2.45, 2.75) is 30.4 Å². The van der Waals surface area contributed by atoms with Gasteiger partial charge in [-0.05, 0) is 37.1 Å². The summed E-state index contributed by atoms with van der Waals surface area (Å²) in [6.45, 7) is 2.20. The first-order valence-electron chi connectivity index (χ1n) is 9.95. The zero-order valence-electron chi connectivity index (χ0n) is 17.0. The van der Waals surface area contributed by atoms with E-state index >= 15 is 0 Å². The van der Waals surface area contributed by atoms with E-state index in [9.17, 15) is 17.6 Å². The molecule has 1 aliphatic rings. The summed E-state index contributed by atoms with van der Waals surface area (Å²) in [4.78, 5) is 16.9. The highest BCUT2D eigenvalue weighted by molar-refractivity contribution is 7.91. The normalized spacial score (nSPS) is 17.4. The van der Waals surface area contributed by atoms with E-state index in [4.69, 9.17) is 16.1 Å². The van der Waals surface area contributed by atoms with Crippen molar-refractivity contribution < 1.29 is 22.1 Å². The summed E-state index contributed by atoms with van der Waals surface area (Å²) in [5, 5.41) is 8.29. The van der Waals surface area contributed by atoms with Gasteiger partial charge in [0.2, 0.25) is 17.6 Å². The molecule has 0 spiro atoms. The summed E-state index contributed by atoms with van der Waals surface area (Å²) in [5.41, 5.74) is 0.565. The quantitative estimate of drug-likeness (QED) is 0.546. The van der Waals surface area contributed by atoms with Crippen molar-refractivity contribution >= 4 is 44.6 Å². The fourth-order valence-electron chi connectivity index (χ4n) is 3.41. The predicted molar refractivity (Wildman–Crippen MR) is 119 cm³/mol. The number of carbonyl (C=O) groups is 1. The van der Waals surface area contributed by atoms with Crippen molar-refractivity contribution in [2.24, 2.45) is 5.92 Å². The minimum absolute atomic E-state index is 0.00819. The van der Waals surface area contributed by atoms with E-state index in [0.29, 0.717) is 43.1 Å². The van der Waals surface area contributed by atoms with Crippen molar-refractivity contribution in [3.8, 4) is 11.4 Å². The van der Waals surface area contributed by atoms with E-state index in [1.54, 1.807) is 5.38 Å². The highest BCUT2D eigenvalue weighted by Gasteiger charge is 2.34. The smallest absolute Gasteiger partial charge is 0.252 e. The first kappa shape index (κ1) is 22.8. The van der Waals surface area contributed by atoms with Crippen molar-refractivity contribution in [2.75, 3.05) is 18.4 Å². The minimum atomic E-state index is -3.81. The number of thiophene rings is 1. The van der Waals surface area contributed by atoms with Crippen molar-refractivity contribution in [1.29, 1.82) is 0 Å². The Hall–Kier alpha value is -2.34. The van der Waals surface area contributed by atoms with E-state index < -0.39 is 27.7 Å². The summed E-state index contributed by atoms with van der Waals surface area (Å²) >= 11 is 6.80. The first-order chi connectivity index (χ1) is 15.3. The SMILES string of the molecule is CCc1nc(-c2csc(S(=O)(=O)N3CCC[C@@H](C(=O)Nc4ccc(Cl)cc4F)C3)c2)no1. The van der Waals surface area contributed by atoms with Crippen LogP contribution in [0.25, 0.3) is 11.4 Å². The molecule has 2 aromatic heterocycles. The van der Waals surface area contributed by atoms with Crippen LogP contribution >= 0.6 is 22.9 Å². The Labute approximate surface area is 193 Å². The molecular weight excluding hydrogens is 479 g/mol. The van der Waals surface area contributed by atoms with Crippen molar-refractivity contribution in [1.82, 2.24) is 14.4 Å². The van der Waals surface area contributed by atoms with Gasteiger partial charge in [-0.1, -0.05) is 23.7 Å². The maximum atomic E-state index is 14.0. The van der Waals surface area contributed by atoms with Gasteiger partial charge in [-0.2, -0.15) is 9.29 Å². The van der Waals surface area contributed by atoms with Gasteiger partial charge in [0.05, 0.1) is 11.6 Å². The van der Waals surface area contributed by atoms with Crippen molar-refractivity contribution in [3.63, 3.8) is 0 Å². The van der Waals surface area contributed by atoms with Crippen LogP contribution in [0.2, 0.25) is 5.02 Å². The number of aryl methyl sites for hydroxylation is 1. The van der Waals surface area contributed by atoms with Gasteiger partial charge in [0, 0.05) is 35.5 Å². The van der Waals surface area contributed by atoms with E-state index in [1.807, 2.05) is 6.92 Å². The molecule has 1 N–H and O–H groups in total. The molecule has 1 fully saturated rings. The topological polar surface area (TPSA) is 105 Å². The fraction of sp³-hybridized carbons (Fsp3) is 0.350. The molecule has 3 heterocycles. The molecule has 1 atom stereocenters. The number of aromatic nitrogens is 2. The zero-order chi connectivity index (χ0) is 22.9. The van der Waals surface area contributed by atoms with Crippen LogP contribution in [0.15, 0.2) is 38.4 Å². The molecule has 3 aromatic rings. The average molecular weight is 499 g/mol. The molecule has 1 aromatic carbocycles. The Bertz CT molecular complexity index is 1240.